The van der Waals surface area contributed by atoms with Gasteiger partial charge in [0.15, 0.2) is 0 Å². The monoisotopic (exact) mass is 290 g/mol. The molecule has 2 aromatic rings. The minimum absolute atomic E-state index is 0.115. The number of esters is 1. The highest BCUT2D eigenvalue weighted by Gasteiger charge is 2.09. The van der Waals surface area contributed by atoms with Gasteiger partial charge in [-0.15, -0.1) is 0 Å². The van der Waals surface area contributed by atoms with Gasteiger partial charge in [-0.05, 0) is 41.5 Å². The minimum atomic E-state index is -1.04. The summed E-state index contributed by atoms with van der Waals surface area (Å²) in [6.07, 6.45) is 0. The Balaban J connectivity index is 2.41. The van der Waals surface area contributed by atoms with Gasteiger partial charge in [0.1, 0.15) is 0 Å². The van der Waals surface area contributed by atoms with Crippen molar-refractivity contribution in [3.8, 4) is 11.1 Å². The zero-order valence-corrected chi connectivity index (χ0v) is 11.3. The van der Waals surface area contributed by atoms with Crippen molar-refractivity contribution < 1.29 is 19.4 Å². The first-order valence-corrected chi connectivity index (χ1v) is 6.11. The Hall–Kier alpha value is -2.33. The van der Waals surface area contributed by atoms with Crippen LogP contribution in [-0.2, 0) is 4.74 Å². The van der Waals surface area contributed by atoms with Crippen molar-refractivity contribution >= 4 is 23.5 Å². The lowest BCUT2D eigenvalue weighted by molar-refractivity contribution is 0.0600. The van der Waals surface area contributed by atoms with Gasteiger partial charge in [0.2, 0.25) is 0 Å². The van der Waals surface area contributed by atoms with E-state index in [9.17, 15) is 9.59 Å². The molecule has 4 nitrogen and oxygen atoms in total. The summed E-state index contributed by atoms with van der Waals surface area (Å²) in [6.45, 7) is 0. The Morgan fingerprint density at radius 3 is 2.20 bits per heavy atom. The number of methoxy groups -OCH3 is 1. The molecule has 20 heavy (non-hydrogen) atoms. The second-order valence-corrected chi connectivity index (χ2v) is 4.54. The molecule has 5 heteroatoms. The second kappa shape index (κ2) is 5.75. The van der Waals surface area contributed by atoms with Crippen LogP contribution in [0.15, 0.2) is 42.5 Å². The second-order valence-electron chi connectivity index (χ2n) is 4.10. The first-order valence-electron chi connectivity index (χ1n) is 5.74. The van der Waals surface area contributed by atoms with Gasteiger partial charge in [-0.25, -0.2) is 9.59 Å². The fourth-order valence-corrected chi connectivity index (χ4v) is 2.03. The van der Waals surface area contributed by atoms with Gasteiger partial charge in [0, 0.05) is 5.02 Å². The Morgan fingerprint density at radius 1 is 1.00 bits per heavy atom. The molecule has 0 radical (unpaired) electrons. The Bertz CT molecular complexity index is 662. The number of hydrogen-bond donors (Lipinski definition) is 1. The molecule has 0 aromatic heterocycles. The van der Waals surface area contributed by atoms with Crippen molar-refractivity contribution in [3.05, 3.63) is 58.6 Å². The summed E-state index contributed by atoms with van der Waals surface area (Å²) < 4.78 is 4.61. The zero-order valence-electron chi connectivity index (χ0n) is 10.6. The molecule has 102 valence electrons. The maximum absolute atomic E-state index is 11.3. The molecule has 1 N–H and O–H groups in total. The van der Waals surface area contributed by atoms with Crippen LogP contribution in [0.4, 0.5) is 0 Å². The number of hydrogen-bond acceptors (Lipinski definition) is 3. The van der Waals surface area contributed by atoms with Gasteiger partial charge < -0.3 is 9.84 Å². The fraction of sp³-hybridized carbons (Fsp3) is 0.0667. The molecule has 0 heterocycles. The predicted octanol–water partition coefficient (Wildman–Crippen LogP) is 3.49. The number of carboxylic acid groups (broad SMARTS) is 1. The summed E-state index contributed by atoms with van der Waals surface area (Å²) in [5, 5.41) is 9.35. The normalized spacial score (nSPS) is 10.1. The quantitative estimate of drug-likeness (QED) is 0.879. The molecule has 0 unspecified atom stereocenters. The van der Waals surface area contributed by atoms with Gasteiger partial charge in [0.05, 0.1) is 18.2 Å². The molecule has 0 saturated heterocycles. The highest BCUT2D eigenvalue weighted by atomic mass is 35.5. The molecule has 0 fully saturated rings. The number of carbonyl (C=O) groups is 2. The molecule has 0 aliphatic heterocycles. The molecule has 2 aromatic carbocycles. The number of aromatic carboxylic acids is 1. The number of benzene rings is 2. The van der Waals surface area contributed by atoms with E-state index in [-0.39, 0.29) is 5.56 Å². The van der Waals surface area contributed by atoms with E-state index in [2.05, 4.69) is 4.74 Å². The van der Waals surface area contributed by atoms with Gasteiger partial charge in [-0.1, -0.05) is 23.7 Å². The van der Waals surface area contributed by atoms with Gasteiger partial charge in [0.25, 0.3) is 0 Å². The van der Waals surface area contributed by atoms with Crippen molar-refractivity contribution in [3.63, 3.8) is 0 Å². The largest absolute Gasteiger partial charge is 0.478 e. The lowest BCUT2D eigenvalue weighted by Gasteiger charge is -2.06. The topological polar surface area (TPSA) is 63.6 Å². The van der Waals surface area contributed by atoms with Gasteiger partial charge >= 0.3 is 11.9 Å². The Kier molecular flexibility index (Phi) is 4.05. The molecule has 2 rings (SSSR count). The molecule has 0 saturated carbocycles. The summed E-state index contributed by atoms with van der Waals surface area (Å²) in [5.41, 5.74) is 1.98. The number of carbonyl (C=O) groups excluding carboxylic acids is 1. The Labute approximate surface area is 120 Å². The van der Waals surface area contributed by atoms with E-state index in [1.165, 1.54) is 19.2 Å². The number of ether oxygens (including phenoxy) is 1. The molecule has 0 aliphatic rings. The third-order valence-electron chi connectivity index (χ3n) is 2.78. The van der Waals surface area contributed by atoms with Crippen molar-refractivity contribution in [1.29, 1.82) is 0 Å². The maximum atomic E-state index is 11.3. The molecular weight excluding hydrogens is 280 g/mol. The summed E-state index contributed by atoms with van der Waals surface area (Å²) in [5.74, 6) is -1.46. The van der Waals surface area contributed by atoms with Gasteiger partial charge in [-0.3, -0.25) is 0 Å². The van der Waals surface area contributed by atoms with Crippen LogP contribution >= 0.6 is 11.6 Å². The zero-order chi connectivity index (χ0) is 14.7. The third kappa shape index (κ3) is 2.97. The summed E-state index contributed by atoms with van der Waals surface area (Å²) in [7, 11) is 1.31. The highest BCUT2D eigenvalue weighted by molar-refractivity contribution is 6.31. The van der Waals surface area contributed by atoms with E-state index in [1.807, 2.05) is 0 Å². The van der Waals surface area contributed by atoms with E-state index in [4.69, 9.17) is 16.7 Å². The SMILES string of the molecule is COC(=O)c1ccc(-c2cc(Cl)cc(C(=O)O)c2)cc1. The number of rotatable bonds is 3. The van der Waals surface area contributed by atoms with Crippen LogP contribution < -0.4 is 0 Å². The van der Waals surface area contributed by atoms with E-state index >= 15 is 0 Å². The van der Waals surface area contributed by atoms with Crippen LogP contribution in [0.25, 0.3) is 11.1 Å². The van der Waals surface area contributed by atoms with Crippen LogP contribution in [-0.4, -0.2) is 24.2 Å². The molecule has 0 atom stereocenters. The lowest BCUT2D eigenvalue weighted by Crippen LogP contribution is -2.00. The third-order valence-corrected chi connectivity index (χ3v) is 3.00. The smallest absolute Gasteiger partial charge is 0.337 e. The summed E-state index contributed by atoms with van der Waals surface area (Å²) in [6, 6.07) is 11.2. The minimum Gasteiger partial charge on any atom is -0.478 e. The average molecular weight is 291 g/mol. The first kappa shape index (κ1) is 14.1. The van der Waals surface area contributed by atoms with E-state index in [0.717, 1.165) is 5.56 Å². The van der Waals surface area contributed by atoms with Crippen molar-refractivity contribution in [2.45, 2.75) is 0 Å². The maximum Gasteiger partial charge on any atom is 0.337 e. The van der Waals surface area contributed by atoms with E-state index < -0.39 is 11.9 Å². The van der Waals surface area contributed by atoms with Crippen LogP contribution in [0.1, 0.15) is 20.7 Å². The molecular formula is C15H11ClO4. The van der Waals surface area contributed by atoms with E-state index in [0.29, 0.717) is 16.1 Å². The number of halogens is 1. The molecule has 0 bridgehead atoms. The Morgan fingerprint density at radius 2 is 1.65 bits per heavy atom. The average Bonchev–Trinajstić information content (AvgIpc) is 2.46. The van der Waals surface area contributed by atoms with Crippen LogP contribution in [0.2, 0.25) is 5.02 Å². The van der Waals surface area contributed by atoms with Crippen LogP contribution in [0.5, 0.6) is 0 Å². The highest BCUT2D eigenvalue weighted by Crippen LogP contribution is 2.25. The summed E-state index contributed by atoms with van der Waals surface area (Å²) in [4.78, 5) is 22.3. The van der Waals surface area contributed by atoms with Crippen LogP contribution in [0, 0.1) is 0 Å². The lowest BCUT2D eigenvalue weighted by atomic mass is 10.0. The standard InChI is InChI=1S/C15H11ClO4/c1-20-15(19)10-4-2-9(3-5-10)11-6-12(14(17)18)8-13(16)7-11/h2-8H,1H3,(H,17,18). The van der Waals surface area contributed by atoms with Crippen molar-refractivity contribution in [2.24, 2.45) is 0 Å². The van der Waals surface area contributed by atoms with Gasteiger partial charge in [-0.2, -0.15) is 0 Å². The number of carboxylic acids is 1. The van der Waals surface area contributed by atoms with Crippen LogP contribution in [0.3, 0.4) is 0 Å². The first-order chi connectivity index (χ1) is 9.51. The molecule has 0 spiro atoms. The molecule has 0 amide bonds. The summed E-state index contributed by atoms with van der Waals surface area (Å²) >= 11 is 5.91. The predicted molar refractivity (Wildman–Crippen MR) is 75.2 cm³/mol. The van der Waals surface area contributed by atoms with Crippen molar-refractivity contribution in [2.75, 3.05) is 7.11 Å². The van der Waals surface area contributed by atoms with Crippen molar-refractivity contribution in [1.82, 2.24) is 0 Å². The van der Waals surface area contributed by atoms with E-state index in [1.54, 1.807) is 30.3 Å². The fourth-order valence-electron chi connectivity index (χ4n) is 1.80. The molecule has 0 aliphatic carbocycles.